The van der Waals surface area contributed by atoms with E-state index < -0.39 is 0 Å². The van der Waals surface area contributed by atoms with Crippen molar-refractivity contribution in [3.63, 3.8) is 0 Å². The molecule has 0 spiro atoms. The van der Waals surface area contributed by atoms with Gasteiger partial charge in [0.2, 0.25) is 0 Å². The van der Waals surface area contributed by atoms with Crippen LogP contribution in [0.1, 0.15) is 36.7 Å². The molecule has 6 heteroatoms. The maximum atomic E-state index is 13.2. The molecule has 2 rings (SSSR count). The van der Waals surface area contributed by atoms with E-state index in [0.717, 1.165) is 55.6 Å². The number of likely N-dealkylation sites (N-methyl/N-ethyl adjacent to an activating group) is 1. The molecule has 0 saturated carbocycles. The van der Waals surface area contributed by atoms with Crippen LogP contribution in [0.3, 0.4) is 0 Å². The highest BCUT2D eigenvalue weighted by Gasteiger charge is 2.40. The van der Waals surface area contributed by atoms with Crippen molar-refractivity contribution in [2.45, 2.75) is 32.7 Å². The minimum absolute atomic E-state index is 0.223. The van der Waals surface area contributed by atoms with Gasteiger partial charge in [-0.1, -0.05) is 6.92 Å². The maximum absolute atomic E-state index is 13.2. The van der Waals surface area contributed by atoms with Gasteiger partial charge in [-0.05, 0) is 55.8 Å². The lowest BCUT2D eigenvalue weighted by Gasteiger charge is -2.35. The van der Waals surface area contributed by atoms with Gasteiger partial charge in [0.15, 0.2) is 5.78 Å². The van der Waals surface area contributed by atoms with Gasteiger partial charge in [-0.25, -0.2) is 0 Å². The van der Waals surface area contributed by atoms with Crippen molar-refractivity contribution < 1.29 is 4.79 Å². The molecule has 1 aliphatic heterocycles. The van der Waals surface area contributed by atoms with Gasteiger partial charge in [0.1, 0.15) is 5.69 Å². The summed E-state index contributed by atoms with van der Waals surface area (Å²) >= 11 is 3.51. The Bertz CT molecular complexity index is 492. The second kappa shape index (κ2) is 7.03. The number of hydrogen-bond donors (Lipinski definition) is 1. The molecule has 1 N–H and O–H groups in total. The largest absolute Gasteiger partial charge is 0.316 e. The van der Waals surface area contributed by atoms with E-state index in [1.807, 2.05) is 18.8 Å². The zero-order valence-corrected chi connectivity index (χ0v) is 14.7. The monoisotopic (exact) mass is 356 g/mol. The topological polar surface area (TPSA) is 50.2 Å². The number of rotatable bonds is 6. The third-order valence-electron chi connectivity index (χ3n) is 4.40. The predicted molar refractivity (Wildman–Crippen MR) is 87.6 cm³/mol. The standard InChI is InChI=1S/C15H25BrN4O/c1-4-15(6-5-7-17-11-15)14(21)13-12(16)10-18-20(13)9-8-19(2)3/h10,17H,4-9,11H2,1-3H3. The summed E-state index contributed by atoms with van der Waals surface area (Å²) < 4.78 is 2.66. The Labute approximate surface area is 135 Å². The number of nitrogens with one attached hydrogen (secondary N) is 1. The number of carbonyl (C=O) groups excluding carboxylic acids is 1. The maximum Gasteiger partial charge on any atom is 0.189 e. The molecule has 1 saturated heterocycles. The summed E-state index contributed by atoms with van der Waals surface area (Å²) in [5.74, 6) is 0.223. The first-order chi connectivity index (χ1) is 10.00. The van der Waals surface area contributed by atoms with E-state index >= 15 is 0 Å². The van der Waals surface area contributed by atoms with Crippen LogP contribution >= 0.6 is 15.9 Å². The average molecular weight is 357 g/mol. The summed E-state index contributed by atoms with van der Waals surface area (Å²) in [4.78, 5) is 15.3. The number of hydrogen-bond acceptors (Lipinski definition) is 4. The Morgan fingerprint density at radius 2 is 2.33 bits per heavy atom. The minimum Gasteiger partial charge on any atom is -0.316 e. The zero-order chi connectivity index (χ0) is 15.5. The lowest BCUT2D eigenvalue weighted by molar-refractivity contribution is 0.0716. The van der Waals surface area contributed by atoms with Gasteiger partial charge in [0.25, 0.3) is 0 Å². The Kier molecular flexibility index (Phi) is 5.57. The number of nitrogens with zero attached hydrogens (tertiary/aromatic N) is 3. The van der Waals surface area contributed by atoms with Crippen LogP contribution in [-0.2, 0) is 6.54 Å². The average Bonchev–Trinajstić information content (AvgIpc) is 2.86. The summed E-state index contributed by atoms with van der Waals surface area (Å²) in [6.45, 7) is 5.49. The lowest BCUT2D eigenvalue weighted by atomic mass is 9.74. The number of carbonyl (C=O) groups is 1. The lowest BCUT2D eigenvalue weighted by Crippen LogP contribution is -2.46. The highest BCUT2D eigenvalue weighted by molar-refractivity contribution is 9.10. The van der Waals surface area contributed by atoms with Crippen LogP contribution in [0.5, 0.6) is 0 Å². The van der Waals surface area contributed by atoms with Crippen molar-refractivity contribution in [1.29, 1.82) is 0 Å². The van der Waals surface area contributed by atoms with Crippen LogP contribution in [0, 0.1) is 5.41 Å². The molecule has 5 nitrogen and oxygen atoms in total. The molecule has 1 aromatic rings. The first kappa shape index (κ1) is 16.6. The van der Waals surface area contributed by atoms with Crippen LogP contribution in [0.2, 0.25) is 0 Å². The van der Waals surface area contributed by atoms with Crippen LogP contribution in [0.15, 0.2) is 10.7 Å². The molecule has 0 amide bonds. The molecule has 21 heavy (non-hydrogen) atoms. The third-order valence-corrected chi connectivity index (χ3v) is 4.98. The molecular formula is C15H25BrN4O. The highest BCUT2D eigenvalue weighted by Crippen LogP contribution is 2.35. The molecule has 0 radical (unpaired) electrons. The fraction of sp³-hybridized carbons (Fsp3) is 0.733. The summed E-state index contributed by atoms with van der Waals surface area (Å²) in [5.41, 5.74) is 0.443. The van der Waals surface area contributed by atoms with Gasteiger partial charge < -0.3 is 10.2 Å². The summed E-state index contributed by atoms with van der Waals surface area (Å²) in [7, 11) is 4.05. The second-order valence-corrected chi connectivity index (χ2v) is 6.97. The molecule has 1 fully saturated rings. The first-order valence-electron chi connectivity index (χ1n) is 7.62. The van der Waals surface area contributed by atoms with Gasteiger partial charge in [-0.15, -0.1) is 0 Å². The molecular weight excluding hydrogens is 332 g/mol. The van der Waals surface area contributed by atoms with Crippen LogP contribution < -0.4 is 5.32 Å². The number of ketones is 1. The quantitative estimate of drug-likeness (QED) is 0.793. The molecule has 1 aliphatic rings. The van der Waals surface area contributed by atoms with E-state index in [2.05, 4.69) is 38.2 Å². The molecule has 1 unspecified atom stereocenters. The number of aromatic nitrogens is 2. The summed E-state index contributed by atoms with van der Waals surface area (Å²) in [5, 5.41) is 7.76. The minimum atomic E-state index is -0.281. The van der Waals surface area contributed by atoms with E-state index in [1.165, 1.54) is 0 Å². The van der Waals surface area contributed by atoms with Gasteiger partial charge in [0, 0.05) is 18.5 Å². The number of Topliss-reactive ketones (excluding diaryl/α,β-unsaturated/α-hetero) is 1. The predicted octanol–water partition coefficient (Wildman–Crippen LogP) is 2.17. The van der Waals surface area contributed by atoms with Crippen molar-refractivity contribution >= 4 is 21.7 Å². The highest BCUT2D eigenvalue weighted by atomic mass is 79.9. The van der Waals surface area contributed by atoms with Gasteiger partial charge in [-0.2, -0.15) is 5.10 Å². The van der Waals surface area contributed by atoms with Gasteiger partial charge in [-0.3, -0.25) is 9.48 Å². The zero-order valence-electron chi connectivity index (χ0n) is 13.2. The Morgan fingerprint density at radius 3 is 2.90 bits per heavy atom. The molecule has 118 valence electrons. The molecule has 0 bridgehead atoms. The van der Waals surface area contributed by atoms with Gasteiger partial charge in [0.05, 0.1) is 17.2 Å². The molecule has 0 aliphatic carbocycles. The van der Waals surface area contributed by atoms with E-state index in [-0.39, 0.29) is 11.2 Å². The fourth-order valence-electron chi connectivity index (χ4n) is 2.93. The van der Waals surface area contributed by atoms with Crippen molar-refractivity contribution in [3.8, 4) is 0 Å². The van der Waals surface area contributed by atoms with Crippen molar-refractivity contribution in [1.82, 2.24) is 20.0 Å². The van der Waals surface area contributed by atoms with Crippen molar-refractivity contribution in [2.75, 3.05) is 33.7 Å². The van der Waals surface area contributed by atoms with Crippen molar-refractivity contribution in [3.05, 3.63) is 16.4 Å². The van der Waals surface area contributed by atoms with Gasteiger partial charge >= 0.3 is 0 Å². The fourth-order valence-corrected chi connectivity index (χ4v) is 3.40. The molecule has 0 aromatic carbocycles. The Morgan fingerprint density at radius 1 is 1.57 bits per heavy atom. The first-order valence-corrected chi connectivity index (χ1v) is 8.41. The molecule has 1 atom stereocenters. The normalized spacial score (nSPS) is 22.7. The molecule has 1 aromatic heterocycles. The van der Waals surface area contributed by atoms with E-state index in [0.29, 0.717) is 0 Å². The smallest absolute Gasteiger partial charge is 0.189 e. The van der Waals surface area contributed by atoms with E-state index in [4.69, 9.17) is 0 Å². The summed E-state index contributed by atoms with van der Waals surface area (Å²) in [6.07, 6.45) is 4.62. The third kappa shape index (κ3) is 3.55. The van der Waals surface area contributed by atoms with Crippen molar-refractivity contribution in [2.24, 2.45) is 5.41 Å². The second-order valence-electron chi connectivity index (χ2n) is 6.11. The Balaban J connectivity index is 2.27. The molecule has 2 heterocycles. The van der Waals surface area contributed by atoms with Crippen LogP contribution in [0.25, 0.3) is 0 Å². The van der Waals surface area contributed by atoms with Crippen LogP contribution in [0.4, 0.5) is 0 Å². The van der Waals surface area contributed by atoms with Crippen LogP contribution in [-0.4, -0.2) is 54.2 Å². The van der Waals surface area contributed by atoms with E-state index in [1.54, 1.807) is 6.20 Å². The number of halogens is 1. The van der Waals surface area contributed by atoms with E-state index in [9.17, 15) is 4.79 Å². The Hall–Kier alpha value is -0.720. The number of piperidine rings is 1. The SMILES string of the molecule is CCC1(C(=O)c2c(Br)cnn2CCN(C)C)CCCNC1. The summed E-state index contributed by atoms with van der Waals surface area (Å²) in [6, 6.07) is 0.